The van der Waals surface area contributed by atoms with Gasteiger partial charge in [-0.3, -0.25) is 9.67 Å². The second-order valence-corrected chi connectivity index (χ2v) is 6.88. The molecule has 122 valence electrons. The number of hydrogen-bond donors (Lipinski definition) is 2. The number of rotatable bonds is 7. The van der Waals surface area contributed by atoms with Gasteiger partial charge in [-0.1, -0.05) is 0 Å². The van der Waals surface area contributed by atoms with E-state index < -0.39 is 0 Å². The van der Waals surface area contributed by atoms with Crippen LogP contribution < -0.4 is 10.6 Å². The summed E-state index contributed by atoms with van der Waals surface area (Å²) in [5.41, 5.74) is 1.19. The molecule has 1 rings (SSSR count). The van der Waals surface area contributed by atoms with Gasteiger partial charge in [0.2, 0.25) is 0 Å². The summed E-state index contributed by atoms with van der Waals surface area (Å²) in [7, 11) is 0. The minimum absolute atomic E-state index is 0. The fourth-order valence-electron chi connectivity index (χ4n) is 1.55. The molecule has 0 aliphatic rings. The second-order valence-electron chi connectivity index (χ2n) is 5.37. The van der Waals surface area contributed by atoms with Crippen molar-refractivity contribution in [3.63, 3.8) is 0 Å². The van der Waals surface area contributed by atoms with Crippen LogP contribution in [0.15, 0.2) is 17.4 Å². The highest BCUT2D eigenvalue weighted by atomic mass is 127. The average Bonchev–Trinajstić information content (AvgIpc) is 2.82. The molecule has 0 aromatic carbocycles. The summed E-state index contributed by atoms with van der Waals surface area (Å²) in [5.74, 6) is 0.874. The number of nitrogens with zero attached hydrogens (tertiary/aromatic N) is 3. The van der Waals surface area contributed by atoms with Crippen molar-refractivity contribution in [1.29, 1.82) is 0 Å². The molecule has 0 aliphatic carbocycles. The lowest BCUT2D eigenvalue weighted by molar-refractivity contribution is 0.596. The molecule has 0 radical (unpaired) electrons. The quantitative estimate of drug-likeness (QED) is 0.401. The molecule has 1 aromatic rings. The lowest BCUT2D eigenvalue weighted by Crippen LogP contribution is -2.39. The van der Waals surface area contributed by atoms with Gasteiger partial charge in [-0.25, -0.2) is 0 Å². The van der Waals surface area contributed by atoms with E-state index in [0.29, 0.717) is 0 Å². The molecule has 0 saturated carbocycles. The van der Waals surface area contributed by atoms with Crippen molar-refractivity contribution in [2.45, 2.75) is 39.0 Å². The highest BCUT2D eigenvalue weighted by molar-refractivity contribution is 14.0. The first-order valence-electron chi connectivity index (χ1n) is 7.03. The molecule has 0 unspecified atom stereocenters. The number of aryl methyl sites for hydroxylation is 1. The van der Waals surface area contributed by atoms with Crippen LogP contribution in [0.25, 0.3) is 0 Å². The first-order chi connectivity index (χ1) is 9.46. The van der Waals surface area contributed by atoms with Gasteiger partial charge in [-0.2, -0.15) is 16.9 Å². The third kappa shape index (κ3) is 8.55. The van der Waals surface area contributed by atoms with Gasteiger partial charge in [0, 0.05) is 24.0 Å². The summed E-state index contributed by atoms with van der Waals surface area (Å²) in [6.07, 6.45) is 6.04. The largest absolute Gasteiger partial charge is 0.357 e. The zero-order chi connectivity index (χ0) is 15.0. The summed E-state index contributed by atoms with van der Waals surface area (Å²) in [4.78, 5) is 4.64. The summed E-state index contributed by atoms with van der Waals surface area (Å²) >= 11 is 1.83. The SMILES string of the molecule is CCNC(=NCC(C)(C)SC)NCCn1cc(C)cn1.I. The van der Waals surface area contributed by atoms with Crippen molar-refractivity contribution in [3.05, 3.63) is 18.0 Å². The normalized spacial score (nSPS) is 12.0. The molecule has 0 aliphatic heterocycles. The summed E-state index contributed by atoms with van der Waals surface area (Å²) in [5, 5.41) is 10.9. The third-order valence-corrected chi connectivity index (χ3v) is 4.14. The Morgan fingerprint density at radius 1 is 1.43 bits per heavy atom. The molecular formula is C14H28IN5S. The van der Waals surface area contributed by atoms with Crippen molar-refractivity contribution in [3.8, 4) is 0 Å². The number of thioether (sulfide) groups is 1. The third-order valence-electron chi connectivity index (χ3n) is 2.91. The van der Waals surface area contributed by atoms with Crippen LogP contribution in [0.2, 0.25) is 0 Å². The van der Waals surface area contributed by atoms with Gasteiger partial charge in [0.25, 0.3) is 0 Å². The number of guanidine groups is 1. The Labute approximate surface area is 149 Å². The van der Waals surface area contributed by atoms with Crippen LogP contribution >= 0.6 is 35.7 Å². The van der Waals surface area contributed by atoms with Crippen LogP contribution in [-0.4, -0.2) is 46.4 Å². The summed E-state index contributed by atoms with van der Waals surface area (Å²) in [6.45, 7) is 11.9. The van der Waals surface area contributed by atoms with Crippen molar-refractivity contribution >= 4 is 41.7 Å². The maximum absolute atomic E-state index is 4.64. The molecule has 1 aromatic heterocycles. The van der Waals surface area contributed by atoms with Crippen LogP contribution in [0, 0.1) is 6.92 Å². The molecular weight excluding hydrogens is 397 g/mol. The Morgan fingerprint density at radius 2 is 2.14 bits per heavy atom. The topological polar surface area (TPSA) is 54.2 Å². The maximum atomic E-state index is 4.64. The fourth-order valence-corrected chi connectivity index (χ4v) is 1.75. The van der Waals surface area contributed by atoms with E-state index in [9.17, 15) is 0 Å². The van der Waals surface area contributed by atoms with E-state index in [0.717, 1.165) is 32.1 Å². The van der Waals surface area contributed by atoms with Gasteiger partial charge in [0.1, 0.15) is 0 Å². The van der Waals surface area contributed by atoms with Crippen molar-refractivity contribution in [1.82, 2.24) is 20.4 Å². The predicted molar refractivity (Wildman–Crippen MR) is 104 cm³/mol. The summed E-state index contributed by atoms with van der Waals surface area (Å²) < 4.78 is 2.11. The highest BCUT2D eigenvalue weighted by Crippen LogP contribution is 2.20. The first kappa shape index (κ1) is 20.6. The number of aromatic nitrogens is 2. The predicted octanol–water partition coefficient (Wildman–Crippen LogP) is 2.51. The Kier molecular flexibility index (Phi) is 10.1. The van der Waals surface area contributed by atoms with Crippen molar-refractivity contribution in [2.75, 3.05) is 25.9 Å². The van der Waals surface area contributed by atoms with Gasteiger partial charge < -0.3 is 10.6 Å². The number of hydrogen-bond acceptors (Lipinski definition) is 3. The zero-order valence-corrected chi connectivity index (χ0v) is 16.8. The monoisotopic (exact) mass is 425 g/mol. The van der Waals surface area contributed by atoms with E-state index in [1.165, 1.54) is 5.56 Å². The van der Waals surface area contributed by atoms with E-state index in [1.54, 1.807) is 0 Å². The van der Waals surface area contributed by atoms with Gasteiger partial charge in [-0.15, -0.1) is 24.0 Å². The minimum Gasteiger partial charge on any atom is -0.357 e. The molecule has 0 bridgehead atoms. The zero-order valence-electron chi connectivity index (χ0n) is 13.6. The van der Waals surface area contributed by atoms with Gasteiger partial charge in [-0.05, 0) is 39.5 Å². The molecule has 0 saturated heterocycles. The van der Waals surface area contributed by atoms with Crippen LogP contribution in [0.4, 0.5) is 0 Å². The molecule has 21 heavy (non-hydrogen) atoms. The minimum atomic E-state index is 0. The van der Waals surface area contributed by atoms with Gasteiger partial charge in [0.05, 0.1) is 19.3 Å². The smallest absolute Gasteiger partial charge is 0.191 e. The molecule has 0 fully saturated rings. The van der Waals surface area contributed by atoms with Gasteiger partial charge >= 0.3 is 0 Å². The van der Waals surface area contributed by atoms with Crippen molar-refractivity contribution in [2.24, 2.45) is 4.99 Å². The van der Waals surface area contributed by atoms with E-state index in [1.807, 2.05) is 35.8 Å². The molecule has 0 spiro atoms. The van der Waals surface area contributed by atoms with Crippen LogP contribution in [0.1, 0.15) is 26.3 Å². The average molecular weight is 425 g/mol. The first-order valence-corrected chi connectivity index (χ1v) is 8.25. The molecule has 1 heterocycles. The molecule has 0 atom stereocenters. The Morgan fingerprint density at radius 3 is 2.67 bits per heavy atom. The van der Waals surface area contributed by atoms with E-state index in [4.69, 9.17) is 0 Å². The molecule has 5 nitrogen and oxygen atoms in total. The number of aliphatic imine (C=N–C) groups is 1. The van der Waals surface area contributed by atoms with Crippen LogP contribution in [0.3, 0.4) is 0 Å². The van der Waals surface area contributed by atoms with Crippen LogP contribution in [0.5, 0.6) is 0 Å². The van der Waals surface area contributed by atoms with E-state index in [-0.39, 0.29) is 28.7 Å². The Hall–Kier alpha value is -0.440. The van der Waals surface area contributed by atoms with Gasteiger partial charge in [0.15, 0.2) is 5.96 Å². The summed E-state index contributed by atoms with van der Waals surface area (Å²) in [6, 6.07) is 0. The van der Waals surface area contributed by atoms with Crippen LogP contribution in [-0.2, 0) is 6.54 Å². The molecule has 0 amide bonds. The number of nitrogens with one attached hydrogen (secondary N) is 2. The number of halogens is 1. The standard InChI is InChI=1S/C14H27N5S.HI/c1-6-15-13(17-11-14(3,4)20-5)16-7-8-19-10-12(2)9-18-19;/h9-10H,6-8,11H2,1-5H3,(H2,15,16,17);1H. The second kappa shape index (κ2) is 10.3. The van der Waals surface area contributed by atoms with E-state index in [2.05, 4.69) is 47.8 Å². The van der Waals surface area contributed by atoms with E-state index >= 15 is 0 Å². The highest BCUT2D eigenvalue weighted by Gasteiger charge is 2.15. The lowest BCUT2D eigenvalue weighted by Gasteiger charge is -2.20. The molecule has 2 N–H and O–H groups in total. The Bertz CT molecular complexity index is 431. The lowest BCUT2D eigenvalue weighted by atomic mass is 10.2. The Balaban J connectivity index is 0.00000400. The maximum Gasteiger partial charge on any atom is 0.191 e. The van der Waals surface area contributed by atoms with Crippen molar-refractivity contribution < 1.29 is 0 Å². The fraction of sp³-hybridized carbons (Fsp3) is 0.714. The molecule has 7 heteroatoms.